The van der Waals surface area contributed by atoms with Gasteiger partial charge in [0.05, 0.1) is 11.1 Å². The lowest BCUT2D eigenvalue weighted by molar-refractivity contribution is -0.136. The number of hydrogen-bond acceptors (Lipinski definition) is 2. The fourth-order valence-corrected chi connectivity index (χ4v) is 3.85. The first-order valence-electron chi connectivity index (χ1n) is 10.2. The summed E-state index contributed by atoms with van der Waals surface area (Å²) in [7, 11) is 0. The van der Waals surface area contributed by atoms with E-state index in [1.165, 1.54) is 11.1 Å². The Balaban J connectivity index is 1.73. The normalized spacial score (nSPS) is 11.0. The summed E-state index contributed by atoms with van der Waals surface area (Å²) in [5.74, 6) is -1.75. The van der Waals surface area contributed by atoms with E-state index in [1.54, 1.807) is 12.1 Å². The number of nitrogens with zero attached hydrogens (tertiary/aromatic N) is 1. The highest BCUT2D eigenvalue weighted by atomic mass is 16.4. The van der Waals surface area contributed by atoms with Crippen molar-refractivity contribution < 1.29 is 19.8 Å². The molecular formula is C26H23NO4. The van der Waals surface area contributed by atoms with Crippen LogP contribution in [0.25, 0.3) is 16.6 Å². The number of aryl methyl sites for hydroxylation is 3. The van der Waals surface area contributed by atoms with E-state index in [9.17, 15) is 14.7 Å². The predicted octanol–water partition coefficient (Wildman–Crippen LogP) is 5.13. The van der Waals surface area contributed by atoms with Gasteiger partial charge in [0.25, 0.3) is 0 Å². The van der Waals surface area contributed by atoms with E-state index < -0.39 is 11.9 Å². The van der Waals surface area contributed by atoms with Gasteiger partial charge in [-0.05, 0) is 72.4 Å². The third-order valence-corrected chi connectivity index (χ3v) is 5.50. The zero-order valence-electron chi connectivity index (χ0n) is 17.0. The second-order valence-corrected chi connectivity index (χ2v) is 7.61. The minimum atomic E-state index is -0.949. The molecule has 0 saturated heterocycles. The largest absolute Gasteiger partial charge is 0.481 e. The van der Waals surface area contributed by atoms with E-state index in [1.807, 2.05) is 42.5 Å². The maximum absolute atomic E-state index is 11.2. The summed E-state index contributed by atoms with van der Waals surface area (Å²) in [6.07, 6.45) is 4.44. The first kappa shape index (κ1) is 20.4. The van der Waals surface area contributed by atoms with Gasteiger partial charge in [0.1, 0.15) is 0 Å². The van der Waals surface area contributed by atoms with Crippen molar-refractivity contribution in [2.45, 2.75) is 25.7 Å². The van der Waals surface area contributed by atoms with Gasteiger partial charge >= 0.3 is 11.9 Å². The van der Waals surface area contributed by atoms with Crippen molar-refractivity contribution >= 4 is 22.8 Å². The van der Waals surface area contributed by atoms with Crippen molar-refractivity contribution in [1.82, 2.24) is 4.57 Å². The topological polar surface area (TPSA) is 79.5 Å². The molecule has 156 valence electrons. The van der Waals surface area contributed by atoms with Crippen molar-refractivity contribution in [1.29, 1.82) is 0 Å². The van der Waals surface area contributed by atoms with Crippen molar-refractivity contribution in [2.24, 2.45) is 0 Å². The molecule has 0 aliphatic carbocycles. The molecule has 4 rings (SSSR count). The minimum absolute atomic E-state index is 0.0994. The van der Waals surface area contributed by atoms with Crippen molar-refractivity contribution in [2.75, 3.05) is 0 Å². The Morgan fingerprint density at radius 1 is 0.774 bits per heavy atom. The highest BCUT2D eigenvalue weighted by molar-refractivity contribution is 5.89. The van der Waals surface area contributed by atoms with E-state index >= 15 is 0 Å². The van der Waals surface area contributed by atoms with Gasteiger partial charge in [-0.1, -0.05) is 36.4 Å². The summed E-state index contributed by atoms with van der Waals surface area (Å²) in [4.78, 5) is 22.2. The maximum Gasteiger partial charge on any atom is 0.335 e. The molecule has 0 radical (unpaired) electrons. The minimum Gasteiger partial charge on any atom is -0.481 e. The Bertz CT molecular complexity index is 1220. The van der Waals surface area contributed by atoms with Gasteiger partial charge in [0.2, 0.25) is 0 Å². The van der Waals surface area contributed by atoms with Crippen LogP contribution in [0.15, 0.2) is 79.0 Å². The monoisotopic (exact) mass is 413 g/mol. The fourth-order valence-electron chi connectivity index (χ4n) is 3.85. The molecule has 0 fully saturated rings. The Kier molecular flexibility index (Phi) is 5.85. The Morgan fingerprint density at radius 2 is 1.52 bits per heavy atom. The second kappa shape index (κ2) is 8.88. The smallest absolute Gasteiger partial charge is 0.335 e. The molecule has 0 amide bonds. The molecule has 4 aromatic rings. The number of rotatable bonds is 8. The summed E-state index contributed by atoms with van der Waals surface area (Å²) in [6.45, 7) is 0. The Labute approximate surface area is 180 Å². The summed E-state index contributed by atoms with van der Waals surface area (Å²) >= 11 is 0. The molecule has 0 atom stereocenters. The van der Waals surface area contributed by atoms with Crippen LogP contribution in [-0.2, 0) is 24.1 Å². The lowest BCUT2D eigenvalue weighted by Crippen LogP contribution is -1.98. The third kappa shape index (κ3) is 4.67. The SMILES string of the molecule is O=C(O)CCc1ccc2c(c1)c(CCc1ccccc1)cn2-c1ccc(C(=O)O)cc1. The van der Waals surface area contributed by atoms with Crippen LogP contribution < -0.4 is 0 Å². The molecule has 0 bridgehead atoms. The van der Waals surface area contributed by atoms with E-state index in [4.69, 9.17) is 5.11 Å². The third-order valence-electron chi connectivity index (χ3n) is 5.50. The molecule has 2 N–H and O–H groups in total. The molecular weight excluding hydrogens is 390 g/mol. The van der Waals surface area contributed by atoms with Gasteiger partial charge in [0, 0.05) is 23.7 Å². The molecule has 3 aromatic carbocycles. The van der Waals surface area contributed by atoms with Crippen LogP contribution >= 0.6 is 0 Å². The number of benzene rings is 3. The van der Waals surface area contributed by atoms with Crippen molar-refractivity contribution in [3.8, 4) is 5.69 Å². The standard InChI is InChI=1S/C26H23NO4/c28-25(29)15-8-19-7-14-24-23(16-19)21(9-6-18-4-2-1-3-5-18)17-27(24)22-12-10-20(11-13-22)26(30)31/h1-5,7,10-14,16-17H,6,8-9,15H2,(H,28,29)(H,30,31). The number of fused-ring (bicyclic) bond motifs is 1. The molecule has 0 spiro atoms. The number of carboxylic acids is 2. The van der Waals surface area contributed by atoms with Crippen LogP contribution in [0.1, 0.15) is 33.5 Å². The van der Waals surface area contributed by atoms with E-state index in [-0.39, 0.29) is 12.0 Å². The molecule has 0 saturated carbocycles. The molecule has 1 aromatic heterocycles. The van der Waals surface area contributed by atoms with E-state index in [0.717, 1.165) is 35.0 Å². The van der Waals surface area contributed by atoms with Gasteiger partial charge in [-0.2, -0.15) is 0 Å². The molecule has 1 heterocycles. The van der Waals surface area contributed by atoms with Crippen molar-refractivity contribution in [3.63, 3.8) is 0 Å². The maximum atomic E-state index is 11.2. The summed E-state index contributed by atoms with van der Waals surface area (Å²) in [6, 6.07) is 23.2. The number of aromatic carboxylic acids is 1. The summed E-state index contributed by atoms with van der Waals surface area (Å²) in [5.41, 5.74) is 5.59. The number of aliphatic carboxylic acids is 1. The molecule has 0 unspecified atom stereocenters. The van der Waals surface area contributed by atoms with E-state index in [2.05, 4.69) is 29.0 Å². The highest BCUT2D eigenvalue weighted by Gasteiger charge is 2.12. The average Bonchev–Trinajstić information content (AvgIpc) is 3.15. The highest BCUT2D eigenvalue weighted by Crippen LogP contribution is 2.28. The van der Waals surface area contributed by atoms with Gasteiger partial charge in [-0.15, -0.1) is 0 Å². The quantitative estimate of drug-likeness (QED) is 0.420. The molecule has 0 aliphatic rings. The van der Waals surface area contributed by atoms with Crippen LogP contribution in [0.3, 0.4) is 0 Å². The number of carboxylic acid groups (broad SMARTS) is 2. The van der Waals surface area contributed by atoms with Crippen molar-refractivity contribution in [3.05, 3.63) is 101 Å². The summed E-state index contributed by atoms with van der Waals surface area (Å²) < 4.78 is 2.07. The fraction of sp³-hybridized carbons (Fsp3) is 0.154. The lowest BCUT2D eigenvalue weighted by Gasteiger charge is -2.07. The van der Waals surface area contributed by atoms with Gasteiger partial charge < -0.3 is 14.8 Å². The Hall–Kier alpha value is -3.86. The molecule has 5 nitrogen and oxygen atoms in total. The zero-order chi connectivity index (χ0) is 21.8. The van der Waals surface area contributed by atoms with Crippen LogP contribution in [0.4, 0.5) is 0 Å². The van der Waals surface area contributed by atoms with Crippen LogP contribution in [0, 0.1) is 0 Å². The molecule has 0 aliphatic heterocycles. The second-order valence-electron chi connectivity index (χ2n) is 7.61. The van der Waals surface area contributed by atoms with Crippen LogP contribution in [-0.4, -0.2) is 26.7 Å². The van der Waals surface area contributed by atoms with Gasteiger partial charge in [-0.3, -0.25) is 4.79 Å². The first-order valence-corrected chi connectivity index (χ1v) is 10.2. The lowest BCUT2D eigenvalue weighted by atomic mass is 10.0. The number of hydrogen-bond donors (Lipinski definition) is 2. The average molecular weight is 413 g/mol. The van der Waals surface area contributed by atoms with Gasteiger partial charge in [0.15, 0.2) is 0 Å². The van der Waals surface area contributed by atoms with E-state index in [0.29, 0.717) is 6.42 Å². The Morgan fingerprint density at radius 3 is 2.19 bits per heavy atom. The molecule has 5 heteroatoms. The van der Waals surface area contributed by atoms with Crippen LogP contribution in [0.5, 0.6) is 0 Å². The van der Waals surface area contributed by atoms with Gasteiger partial charge in [-0.25, -0.2) is 4.79 Å². The number of carbonyl (C=O) groups is 2. The zero-order valence-corrected chi connectivity index (χ0v) is 17.0. The summed E-state index contributed by atoms with van der Waals surface area (Å²) in [5, 5.41) is 19.3. The predicted molar refractivity (Wildman–Crippen MR) is 120 cm³/mol. The van der Waals surface area contributed by atoms with Crippen LogP contribution in [0.2, 0.25) is 0 Å². The number of aromatic nitrogens is 1. The first-order chi connectivity index (χ1) is 15.0. The molecule has 31 heavy (non-hydrogen) atoms.